The van der Waals surface area contributed by atoms with E-state index in [2.05, 4.69) is 38.2 Å². The predicted molar refractivity (Wildman–Crippen MR) is 83.5 cm³/mol. The van der Waals surface area contributed by atoms with E-state index in [1.807, 2.05) is 12.1 Å². The molecule has 1 aliphatic rings. The smallest absolute Gasteiger partial charge is 0.142 e. The van der Waals surface area contributed by atoms with Gasteiger partial charge in [-0.1, -0.05) is 32.9 Å². The van der Waals surface area contributed by atoms with Crippen LogP contribution in [0.2, 0.25) is 0 Å². The minimum absolute atomic E-state index is 0.366. The Labute approximate surface area is 122 Å². The van der Waals surface area contributed by atoms with Crippen LogP contribution in [0.25, 0.3) is 0 Å². The Kier molecular flexibility index (Phi) is 5.72. The summed E-state index contributed by atoms with van der Waals surface area (Å²) in [5.41, 5.74) is 1.11. The Balaban J connectivity index is 1.98. The Morgan fingerprint density at radius 3 is 2.90 bits per heavy atom. The third kappa shape index (κ3) is 4.14. The standard InChI is InChI=1S/C17H27NO2/c1-4-10-19-16-8-6-5-7-15(16)18-14-9-11-20-17(12-14)13(2)3/h5-8,13-14,17-18H,4,9-12H2,1-3H3. The molecule has 1 aromatic carbocycles. The summed E-state index contributed by atoms with van der Waals surface area (Å²) in [6, 6.07) is 8.70. The molecule has 0 amide bonds. The minimum atomic E-state index is 0.366. The molecule has 1 N–H and O–H groups in total. The first-order valence-corrected chi connectivity index (χ1v) is 7.80. The minimum Gasteiger partial charge on any atom is -0.491 e. The summed E-state index contributed by atoms with van der Waals surface area (Å²) >= 11 is 0. The summed E-state index contributed by atoms with van der Waals surface area (Å²) in [6.07, 6.45) is 3.52. The van der Waals surface area contributed by atoms with Gasteiger partial charge >= 0.3 is 0 Å². The van der Waals surface area contributed by atoms with Gasteiger partial charge in [0.2, 0.25) is 0 Å². The van der Waals surface area contributed by atoms with Crippen LogP contribution in [0.1, 0.15) is 40.0 Å². The van der Waals surface area contributed by atoms with E-state index in [4.69, 9.17) is 9.47 Å². The molecule has 3 heteroatoms. The van der Waals surface area contributed by atoms with Gasteiger partial charge in [0.25, 0.3) is 0 Å². The Morgan fingerprint density at radius 1 is 1.35 bits per heavy atom. The van der Waals surface area contributed by atoms with Crippen molar-refractivity contribution in [1.29, 1.82) is 0 Å². The molecular formula is C17H27NO2. The number of hydrogen-bond acceptors (Lipinski definition) is 3. The van der Waals surface area contributed by atoms with Gasteiger partial charge in [-0.3, -0.25) is 0 Å². The van der Waals surface area contributed by atoms with Crippen molar-refractivity contribution < 1.29 is 9.47 Å². The van der Waals surface area contributed by atoms with Crippen molar-refractivity contribution >= 4 is 5.69 Å². The molecule has 0 radical (unpaired) electrons. The number of benzene rings is 1. The van der Waals surface area contributed by atoms with Gasteiger partial charge in [0.1, 0.15) is 5.75 Å². The second kappa shape index (κ2) is 7.53. The van der Waals surface area contributed by atoms with Gasteiger partial charge in [-0.25, -0.2) is 0 Å². The maximum Gasteiger partial charge on any atom is 0.142 e. The van der Waals surface area contributed by atoms with Crippen LogP contribution >= 0.6 is 0 Å². The van der Waals surface area contributed by atoms with Crippen LogP contribution in [0.15, 0.2) is 24.3 Å². The molecule has 0 aromatic heterocycles. The first kappa shape index (κ1) is 15.2. The van der Waals surface area contributed by atoms with Crippen molar-refractivity contribution in [2.75, 3.05) is 18.5 Å². The Bertz CT molecular complexity index is 406. The van der Waals surface area contributed by atoms with Gasteiger partial charge in [-0.2, -0.15) is 0 Å². The number of hydrogen-bond donors (Lipinski definition) is 1. The molecule has 1 heterocycles. The van der Waals surface area contributed by atoms with Gasteiger partial charge in [0.15, 0.2) is 0 Å². The average molecular weight is 277 g/mol. The van der Waals surface area contributed by atoms with Gasteiger partial charge in [-0.15, -0.1) is 0 Å². The monoisotopic (exact) mass is 277 g/mol. The van der Waals surface area contributed by atoms with E-state index in [0.717, 1.165) is 43.9 Å². The maximum absolute atomic E-state index is 5.83. The molecular weight excluding hydrogens is 250 g/mol. The van der Waals surface area contributed by atoms with Crippen LogP contribution in [-0.4, -0.2) is 25.4 Å². The topological polar surface area (TPSA) is 30.5 Å². The lowest BCUT2D eigenvalue weighted by atomic mass is 9.95. The zero-order valence-electron chi connectivity index (χ0n) is 12.9. The van der Waals surface area contributed by atoms with Crippen LogP contribution in [-0.2, 0) is 4.74 Å². The summed E-state index contributed by atoms with van der Waals surface area (Å²) in [5.74, 6) is 1.54. The fourth-order valence-corrected chi connectivity index (χ4v) is 2.57. The predicted octanol–water partition coefficient (Wildman–Crippen LogP) is 4.09. The van der Waals surface area contributed by atoms with Crippen molar-refractivity contribution in [3.8, 4) is 5.75 Å². The molecule has 2 rings (SSSR count). The van der Waals surface area contributed by atoms with Gasteiger partial charge in [0.05, 0.1) is 18.4 Å². The van der Waals surface area contributed by atoms with Crippen molar-refractivity contribution in [3.05, 3.63) is 24.3 Å². The molecule has 1 fully saturated rings. The summed E-state index contributed by atoms with van der Waals surface area (Å²) in [7, 11) is 0. The molecule has 3 nitrogen and oxygen atoms in total. The third-order valence-electron chi connectivity index (χ3n) is 3.77. The molecule has 112 valence electrons. The number of ether oxygens (including phenoxy) is 2. The van der Waals surface area contributed by atoms with Gasteiger partial charge < -0.3 is 14.8 Å². The molecule has 2 atom stereocenters. The molecule has 20 heavy (non-hydrogen) atoms. The second-order valence-corrected chi connectivity index (χ2v) is 5.86. The largest absolute Gasteiger partial charge is 0.491 e. The molecule has 1 aliphatic heterocycles. The van der Waals surface area contributed by atoms with Crippen LogP contribution < -0.4 is 10.1 Å². The highest BCUT2D eigenvalue weighted by Crippen LogP contribution is 2.28. The zero-order chi connectivity index (χ0) is 14.4. The van der Waals surface area contributed by atoms with E-state index in [1.54, 1.807) is 0 Å². The van der Waals surface area contributed by atoms with E-state index in [1.165, 1.54) is 0 Å². The Morgan fingerprint density at radius 2 is 2.15 bits per heavy atom. The van der Waals surface area contributed by atoms with Crippen LogP contribution in [0.4, 0.5) is 5.69 Å². The molecule has 0 bridgehead atoms. The third-order valence-corrected chi connectivity index (χ3v) is 3.77. The van der Waals surface area contributed by atoms with Gasteiger partial charge in [-0.05, 0) is 37.3 Å². The molecule has 1 aromatic rings. The van der Waals surface area contributed by atoms with E-state index < -0.39 is 0 Å². The second-order valence-electron chi connectivity index (χ2n) is 5.86. The van der Waals surface area contributed by atoms with Crippen molar-refractivity contribution in [2.45, 2.75) is 52.2 Å². The van der Waals surface area contributed by atoms with E-state index in [0.29, 0.717) is 18.1 Å². The highest BCUT2D eigenvalue weighted by molar-refractivity contribution is 5.56. The van der Waals surface area contributed by atoms with Crippen LogP contribution in [0, 0.1) is 5.92 Å². The molecule has 1 saturated heterocycles. The zero-order valence-corrected chi connectivity index (χ0v) is 12.9. The average Bonchev–Trinajstić information content (AvgIpc) is 2.46. The summed E-state index contributed by atoms with van der Waals surface area (Å²) < 4.78 is 11.6. The lowest BCUT2D eigenvalue weighted by Crippen LogP contribution is -2.36. The maximum atomic E-state index is 5.83. The normalized spacial score (nSPS) is 22.8. The lowest BCUT2D eigenvalue weighted by molar-refractivity contribution is -0.0161. The van der Waals surface area contributed by atoms with Crippen molar-refractivity contribution in [2.24, 2.45) is 5.92 Å². The molecule has 0 saturated carbocycles. The number of rotatable bonds is 6. The van der Waals surface area contributed by atoms with Crippen LogP contribution in [0.5, 0.6) is 5.75 Å². The first-order valence-electron chi connectivity index (χ1n) is 7.80. The van der Waals surface area contributed by atoms with E-state index in [-0.39, 0.29) is 0 Å². The summed E-state index contributed by atoms with van der Waals surface area (Å²) in [6.45, 7) is 8.19. The van der Waals surface area contributed by atoms with Gasteiger partial charge in [0, 0.05) is 12.6 Å². The summed E-state index contributed by atoms with van der Waals surface area (Å²) in [5, 5.41) is 3.64. The summed E-state index contributed by atoms with van der Waals surface area (Å²) in [4.78, 5) is 0. The number of nitrogens with one attached hydrogen (secondary N) is 1. The first-order chi connectivity index (χ1) is 9.70. The molecule has 0 spiro atoms. The SMILES string of the molecule is CCCOc1ccccc1NC1CCOC(C(C)C)C1. The quantitative estimate of drug-likeness (QED) is 0.849. The highest BCUT2D eigenvalue weighted by Gasteiger charge is 2.25. The Hall–Kier alpha value is -1.22. The fourth-order valence-electron chi connectivity index (χ4n) is 2.57. The van der Waals surface area contributed by atoms with Crippen LogP contribution in [0.3, 0.4) is 0 Å². The lowest BCUT2D eigenvalue weighted by Gasteiger charge is -2.33. The molecule has 2 unspecified atom stereocenters. The molecule has 0 aliphatic carbocycles. The van der Waals surface area contributed by atoms with Crippen molar-refractivity contribution in [3.63, 3.8) is 0 Å². The fraction of sp³-hybridized carbons (Fsp3) is 0.647. The highest BCUT2D eigenvalue weighted by atomic mass is 16.5. The van der Waals surface area contributed by atoms with Crippen molar-refractivity contribution in [1.82, 2.24) is 0 Å². The number of anilines is 1. The van der Waals surface area contributed by atoms with E-state index >= 15 is 0 Å². The number of para-hydroxylation sites is 2. The van der Waals surface area contributed by atoms with E-state index in [9.17, 15) is 0 Å².